The highest BCUT2D eigenvalue weighted by Crippen LogP contribution is 2.22. The van der Waals surface area contributed by atoms with E-state index in [0.29, 0.717) is 18.7 Å². The van der Waals surface area contributed by atoms with Crippen LogP contribution in [0.1, 0.15) is 11.3 Å². The van der Waals surface area contributed by atoms with Gasteiger partial charge >= 0.3 is 0 Å². The van der Waals surface area contributed by atoms with Crippen LogP contribution in [0.5, 0.6) is 5.75 Å². The van der Waals surface area contributed by atoms with Gasteiger partial charge in [0.1, 0.15) is 5.75 Å². The normalized spacial score (nSPS) is 18.8. The van der Waals surface area contributed by atoms with Gasteiger partial charge < -0.3 is 9.64 Å². The zero-order chi connectivity index (χ0) is 17.9. The Balaban J connectivity index is 1.69. The molecule has 1 aromatic carbocycles. The third-order valence-corrected chi connectivity index (χ3v) is 7.19. The van der Waals surface area contributed by atoms with Gasteiger partial charge in [0.15, 0.2) is 16.4 Å². The van der Waals surface area contributed by atoms with Crippen molar-refractivity contribution in [1.82, 2.24) is 4.90 Å². The van der Waals surface area contributed by atoms with Gasteiger partial charge in [-0.3, -0.25) is 4.79 Å². The van der Waals surface area contributed by atoms with E-state index < -0.39 is 9.84 Å². The summed E-state index contributed by atoms with van der Waals surface area (Å²) in [7, 11) is -3.06. The molecule has 0 N–H and O–H groups in total. The molecule has 2 heterocycles. The Bertz CT molecular complexity index is 819. The van der Waals surface area contributed by atoms with Gasteiger partial charge in [0, 0.05) is 15.4 Å². The number of hydrogen-bond acceptors (Lipinski definition) is 5. The number of carbonyl (C=O) groups excluding carboxylic acids is 1. The van der Waals surface area contributed by atoms with E-state index in [0.717, 1.165) is 9.35 Å². The number of nitrogens with zero attached hydrogens (tertiary/aromatic N) is 1. The molecule has 1 aromatic heterocycles. The van der Waals surface area contributed by atoms with Crippen molar-refractivity contribution in [3.8, 4) is 5.75 Å². The standard InChI is InChI=1S/C17H18BrNO4S2/c18-13-3-5-15(6-4-13)23-11-17(20)19(10-16-2-1-8-24-16)14-7-9-25(21,22)12-14/h1-6,8,14H,7,9-12H2/t14-/m1/s1. The average molecular weight is 444 g/mol. The molecule has 1 fully saturated rings. The van der Waals surface area contributed by atoms with Crippen molar-refractivity contribution in [2.45, 2.75) is 19.0 Å². The molecular weight excluding hydrogens is 426 g/mol. The van der Waals surface area contributed by atoms with Crippen LogP contribution < -0.4 is 4.74 Å². The van der Waals surface area contributed by atoms with Crippen molar-refractivity contribution < 1.29 is 17.9 Å². The first-order valence-electron chi connectivity index (χ1n) is 7.83. The minimum atomic E-state index is -3.06. The highest BCUT2D eigenvalue weighted by atomic mass is 79.9. The largest absolute Gasteiger partial charge is 0.484 e. The number of rotatable bonds is 6. The van der Waals surface area contributed by atoms with Gasteiger partial charge in [-0.15, -0.1) is 11.3 Å². The Morgan fingerprint density at radius 2 is 2.04 bits per heavy atom. The minimum Gasteiger partial charge on any atom is -0.484 e. The van der Waals surface area contributed by atoms with Crippen molar-refractivity contribution in [2.75, 3.05) is 18.1 Å². The maximum absolute atomic E-state index is 12.7. The van der Waals surface area contributed by atoms with E-state index in [2.05, 4.69) is 15.9 Å². The SMILES string of the molecule is O=C(COc1ccc(Br)cc1)N(Cc1cccs1)[C@@H]1CCS(=O)(=O)C1. The van der Waals surface area contributed by atoms with E-state index in [-0.39, 0.29) is 30.1 Å². The first kappa shape index (κ1) is 18.4. The van der Waals surface area contributed by atoms with Crippen molar-refractivity contribution >= 4 is 43.0 Å². The molecule has 1 aliphatic heterocycles. The monoisotopic (exact) mass is 443 g/mol. The number of ether oxygens (including phenoxy) is 1. The number of benzene rings is 1. The quantitative estimate of drug-likeness (QED) is 0.687. The molecule has 0 aliphatic carbocycles. The van der Waals surface area contributed by atoms with Crippen LogP contribution >= 0.6 is 27.3 Å². The van der Waals surface area contributed by atoms with Crippen LogP contribution in [-0.2, 0) is 21.2 Å². The number of thiophene rings is 1. The fourth-order valence-corrected chi connectivity index (χ4v) is 5.47. The molecule has 8 heteroatoms. The van der Waals surface area contributed by atoms with Crippen molar-refractivity contribution in [2.24, 2.45) is 0 Å². The van der Waals surface area contributed by atoms with Crippen LogP contribution in [0.4, 0.5) is 0 Å². The predicted octanol–water partition coefficient (Wildman–Crippen LogP) is 3.11. The van der Waals surface area contributed by atoms with Gasteiger partial charge in [0.2, 0.25) is 0 Å². The predicted molar refractivity (Wildman–Crippen MR) is 102 cm³/mol. The lowest BCUT2D eigenvalue weighted by Crippen LogP contribution is -2.42. The van der Waals surface area contributed by atoms with E-state index in [1.54, 1.807) is 28.4 Å². The second-order valence-electron chi connectivity index (χ2n) is 5.90. The number of amides is 1. The Kier molecular flexibility index (Phi) is 5.81. The lowest BCUT2D eigenvalue weighted by Gasteiger charge is -2.27. The molecule has 0 unspecified atom stereocenters. The molecule has 1 atom stereocenters. The molecule has 0 spiro atoms. The van der Waals surface area contributed by atoms with E-state index >= 15 is 0 Å². The molecule has 3 rings (SSSR count). The Hall–Kier alpha value is -1.38. The smallest absolute Gasteiger partial charge is 0.261 e. The maximum atomic E-state index is 12.7. The zero-order valence-corrected chi connectivity index (χ0v) is 16.6. The summed E-state index contributed by atoms with van der Waals surface area (Å²) in [6.45, 7) is 0.309. The van der Waals surface area contributed by atoms with E-state index in [1.807, 2.05) is 29.6 Å². The Morgan fingerprint density at radius 1 is 1.28 bits per heavy atom. The lowest BCUT2D eigenvalue weighted by atomic mass is 10.2. The van der Waals surface area contributed by atoms with Gasteiger partial charge in [0.25, 0.3) is 5.91 Å². The Labute approximate surface area is 159 Å². The van der Waals surface area contributed by atoms with Crippen LogP contribution in [0, 0.1) is 0 Å². The van der Waals surface area contributed by atoms with Gasteiger partial charge in [0.05, 0.1) is 18.1 Å². The average Bonchev–Trinajstić information content (AvgIpc) is 3.21. The molecule has 0 radical (unpaired) electrons. The van der Waals surface area contributed by atoms with Gasteiger partial charge in [-0.25, -0.2) is 8.42 Å². The van der Waals surface area contributed by atoms with E-state index in [9.17, 15) is 13.2 Å². The van der Waals surface area contributed by atoms with Crippen LogP contribution in [0.15, 0.2) is 46.3 Å². The molecule has 5 nitrogen and oxygen atoms in total. The van der Waals surface area contributed by atoms with Crippen molar-refractivity contribution in [3.05, 3.63) is 51.1 Å². The highest BCUT2D eigenvalue weighted by Gasteiger charge is 2.34. The molecular formula is C17H18BrNO4S2. The summed E-state index contributed by atoms with van der Waals surface area (Å²) >= 11 is 4.90. The van der Waals surface area contributed by atoms with Crippen LogP contribution in [0.25, 0.3) is 0 Å². The third-order valence-electron chi connectivity index (χ3n) is 4.05. The first-order valence-corrected chi connectivity index (χ1v) is 11.3. The van der Waals surface area contributed by atoms with E-state index in [4.69, 9.17) is 4.74 Å². The summed E-state index contributed by atoms with van der Waals surface area (Å²) in [4.78, 5) is 15.4. The summed E-state index contributed by atoms with van der Waals surface area (Å²) in [6.07, 6.45) is 0.484. The molecule has 134 valence electrons. The van der Waals surface area contributed by atoms with Gasteiger partial charge in [-0.1, -0.05) is 22.0 Å². The number of carbonyl (C=O) groups is 1. The topological polar surface area (TPSA) is 63.7 Å². The summed E-state index contributed by atoms with van der Waals surface area (Å²) in [5.74, 6) is 0.576. The second-order valence-corrected chi connectivity index (χ2v) is 10.1. The van der Waals surface area contributed by atoms with Crippen LogP contribution in [-0.4, -0.2) is 43.4 Å². The Morgan fingerprint density at radius 3 is 2.64 bits per heavy atom. The third kappa shape index (κ3) is 5.05. The maximum Gasteiger partial charge on any atom is 0.261 e. The zero-order valence-electron chi connectivity index (χ0n) is 13.4. The summed E-state index contributed by atoms with van der Waals surface area (Å²) in [5, 5.41) is 1.95. The molecule has 25 heavy (non-hydrogen) atoms. The fraction of sp³-hybridized carbons (Fsp3) is 0.353. The highest BCUT2D eigenvalue weighted by molar-refractivity contribution is 9.10. The van der Waals surface area contributed by atoms with E-state index in [1.165, 1.54) is 0 Å². The minimum absolute atomic E-state index is 0.0302. The first-order chi connectivity index (χ1) is 11.9. The molecule has 2 aromatic rings. The fourth-order valence-electron chi connectivity index (χ4n) is 2.77. The number of halogens is 1. The number of hydrogen-bond donors (Lipinski definition) is 0. The summed E-state index contributed by atoms with van der Waals surface area (Å²) < 4.78 is 30.1. The number of sulfone groups is 1. The molecule has 0 bridgehead atoms. The van der Waals surface area contributed by atoms with Crippen molar-refractivity contribution in [1.29, 1.82) is 0 Å². The molecule has 1 saturated heterocycles. The lowest BCUT2D eigenvalue weighted by molar-refractivity contribution is -0.135. The summed E-state index contributed by atoms with van der Waals surface area (Å²) in [5.41, 5.74) is 0. The molecule has 1 amide bonds. The van der Waals surface area contributed by atoms with Gasteiger partial charge in [-0.2, -0.15) is 0 Å². The van der Waals surface area contributed by atoms with Crippen LogP contribution in [0.3, 0.4) is 0 Å². The molecule has 1 aliphatic rings. The van der Waals surface area contributed by atoms with Gasteiger partial charge in [-0.05, 0) is 42.1 Å². The van der Waals surface area contributed by atoms with Crippen molar-refractivity contribution in [3.63, 3.8) is 0 Å². The summed E-state index contributed by atoms with van der Waals surface area (Å²) in [6, 6.07) is 10.8. The molecule has 0 saturated carbocycles. The second kappa shape index (κ2) is 7.88. The van der Waals surface area contributed by atoms with Crippen LogP contribution in [0.2, 0.25) is 0 Å².